The molecule has 0 spiro atoms. The van der Waals surface area contributed by atoms with E-state index in [2.05, 4.69) is 0 Å². The summed E-state index contributed by atoms with van der Waals surface area (Å²) in [7, 11) is 1.35. The van der Waals surface area contributed by atoms with Gasteiger partial charge in [-0.05, 0) is 36.8 Å². The van der Waals surface area contributed by atoms with E-state index in [0.29, 0.717) is 18.2 Å². The minimum Gasteiger partial charge on any atom is -0.468 e. The Morgan fingerprint density at radius 3 is 2.67 bits per heavy atom. The number of rotatable bonds is 5. The maximum Gasteiger partial charge on any atom is 0.325 e. The van der Waals surface area contributed by atoms with E-state index >= 15 is 0 Å². The average molecular weight is 352 g/mol. The van der Waals surface area contributed by atoms with Crippen LogP contribution in [0.15, 0.2) is 24.3 Å². The van der Waals surface area contributed by atoms with Crippen molar-refractivity contribution in [2.45, 2.75) is 31.2 Å². The predicted octanol–water partition coefficient (Wildman–Crippen LogP) is 2.62. The van der Waals surface area contributed by atoms with Crippen molar-refractivity contribution in [1.82, 2.24) is 4.90 Å². The summed E-state index contributed by atoms with van der Waals surface area (Å²) in [5.41, 5.74) is 1.02. The SMILES string of the molecule is COC(=O)CN(C(=O)[C@H]1C[C@@H]1c1ccccc1Cl)C1CCOCC1. The standard InChI is InChI=1S/C18H22ClNO4/c1-23-17(21)11-20(12-6-8-24-9-7-12)18(22)15-10-14(15)13-4-2-3-5-16(13)19/h2-5,12,14-15H,6-11H2,1H3/t14-,15+/m1/s1. The zero-order valence-corrected chi connectivity index (χ0v) is 14.5. The fourth-order valence-corrected chi connectivity index (χ4v) is 3.66. The third-order valence-corrected chi connectivity index (χ3v) is 5.20. The molecule has 1 aromatic carbocycles. The highest BCUT2D eigenvalue weighted by Crippen LogP contribution is 2.50. The quantitative estimate of drug-likeness (QED) is 0.765. The molecule has 1 saturated heterocycles. The van der Waals surface area contributed by atoms with Gasteiger partial charge in [0.25, 0.3) is 0 Å². The number of benzene rings is 1. The normalized spacial score (nSPS) is 23.6. The first-order valence-corrected chi connectivity index (χ1v) is 8.69. The Kier molecular flexibility index (Phi) is 5.41. The van der Waals surface area contributed by atoms with E-state index in [1.165, 1.54) is 7.11 Å². The molecule has 0 aromatic heterocycles. The van der Waals surface area contributed by atoms with Crippen LogP contribution in [-0.4, -0.2) is 49.7 Å². The monoisotopic (exact) mass is 351 g/mol. The molecule has 6 heteroatoms. The summed E-state index contributed by atoms with van der Waals surface area (Å²) in [6.45, 7) is 1.24. The number of carbonyl (C=O) groups excluding carboxylic acids is 2. The topological polar surface area (TPSA) is 55.8 Å². The van der Waals surface area contributed by atoms with Gasteiger partial charge in [-0.3, -0.25) is 9.59 Å². The van der Waals surface area contributed by atoms with Crippen molar-refractivity contribution >= 4 is 23.5 Å². The van der Waals surface area contributed by atoms with Gasteiger partial charge in [0.2, 0.25) is 5.91 Å². The third-order valence-electron chi connectivity index (χ3n) is 4.85. The number of amides is 1. The molecule has 1 saturated carbocycles. The second-order valence-corrected chi connectivity index (χ2v) is 6.76. The molecule has 1 aliphatic carbocycles. The number of hydrogen-bond acceptors (Lipinski definition) is 4. The summed E-state index contributed by atoms with van der Waals surface area (Å²) in [6.07, 6.45) is 2.29. The highest BCUT2D eigenvalue weighted by Gasteiger charge is 2.48. The van der Waals surface area contributed by atoms with Gasteiger partial charge in [-0.1, -0.05) is 29.8 Å². The van der Waals surface area contributed by atoms with E-state index in [1.807, 2.05) is 24.3 Å². The minimum absolute atomic E-state index is 0.00570. The van der Waals surface area contributed by atoms with Crippen LogP contribution >= 0.6 is 11.6 Å². The van der Waals surface area contributed by atoms with E-state index in [0.717, 1.165) is 24.8 Å². The molecule has 2 fully saturated rings. The van der Waals surface area contributed by atoms with Gasteiger partial charge in [-0.2, -0.15) is 0 Å². The molecule has 0 radical (unpaired) electrons. The van der Waals surface area contributed by atoms with Gasteiger partial charge in [-0.15, -0.1) is 0 Å². The van der Waals surface area contributed by atoms with E-state index in [4.69, 9.17) is 21.1 Å². The molecule has 1 amide bonds. The Hall–Kier alpha value is -1.59. The van der Waals surface area contributed by atoms with Crippen molar-refractivity contribution in [3.05, 3.63) is 34.9 Å². The van der Waals surface area contributed by atoms with Crippen molar-refractivity contribution in [2.24, 2.45) is 5.92 Å². The maximum absolute atomic E-state index is 13.0. The number of carbonyl (C=O) groups is 2. The molecule has 0 unspecified atom stereocenters. The van der Waals surface area contributed by atoms with Gasteiger partial charge in [0.05, 0.1) is 7.11 Å². The van der Waals surface area contributed by atoms with Gasteiger partial charge in [0.1, 0.15) is 6.54 Å². The van der Waals surface area contributed by atoms with E-state index in [1.54, 1.807) is 4.90 Å². The van der Waals surface area contributed by atoms with Crippen LogP contribution in [0.4, 0.5) is 0 Å². The molecular formula is C18H22ClNO4. The number of esters is 1. The van der Waals surface area contributed by atoms with Crippen LogP contribution in [0, 0.1) is 5.92 Å². The van der Waals surface area contributed by atoms with Crippen LogP contribution in [-0.2, 0) is 19.1 Å². The van der Waals surface area contributed by atoms with Gasteiger partial charge in [0, 0.05) is 30.2 Å². The molecule has 5 nitrogen and oxygen atoms in total. The smallest absolute Gasteiger partial charge is 0.325 e. The molecule has 2 atom stereocenters. The number of ether oxygens (including phenoxy) is 2. The van der Waals surface area contributed by atoms with Crippen LogP contribution in [0.3, 0.4) is 0 Å². The first-order valence-electron chi connectivity index (χ1n) is 8.31. The fraction of sp³-hybridized carbons (Fsp3) is 0.556. The minimum atomic E-state index is -0.384. The van der Waals surface area contributed by atoms with Crippen molar-refractivity contribution < 1.29 is 19.1 Å². The fourth-order valence-electron chi connectivity index (χ4n) is 3.39. The highest BCUT2D eigenvalue weighted by molar-refractivity contribution is 6.31. The molecular weight excluding hydrogens is 330 g/mol. The van der Waals surface area contributed by atoms with E-state index in [-0.39, 0.29) is 36.3 Å². The Morgan fingerprint density at radius 2 is 2.00 bits per heavy atom. The van der Waals surface area contributed by atoms with Crippen molar-refractivity contribution in [3.63, 3.8) is 0 Å². The Bertz CT molecular complexity index is 615. The summed E-state index contributed by atoms with van der Waals surface area (Å²) in [5, 5.41) is 0.698. The molecule has 1 heterocycles. The lowest BCUT2D eigenvalue weighted by Crippen LogP contribution is -2.47. The first kappa shape index (κ1) is 17.2. The van der Waals surface area contributed by atoms with Crippen LogP contribution in [0.1, 0.15) is 30.7 Å². The van der Waals surface area contributed by atoms with Gasteiger partial charge in [0.15, 0.2) is 0 Å². The second-order valence-electron chi connectivity index (χ2n) is 6.36. The summed E-state index contributed by atoms with van der Waals surface area (Å²) >= 11 is 6.25. The number of nitrogens with zero attached hydrogens (tertiary/aromatic N) is 1. The van der Waals surface area contributed by atoms with Crippen molar-refractivity contribution in [2.75, 3.05) is 26.9 Å². The summed E-state index contributed by atoms with van der Waals surface area (Å²) < 4.78 is 10.1. The number of methoxy groups -OCH3 is 1. The molecule has 0 bridgehead atoms. The van der Waals surface area contributed by atoms with Crippen molar-refractivity contribution in [1.29, 1.82) is 0 Å². The van der Waals surface area contributed by atoms with Crippen LogP contribution in [0.25, 0.3) is 0 Å². The average Bonchev–Trinajstić information content (AvgIpc) is 3.40. The van der Waals surface area contributed by atoms with Crippen LogP contribution < -0.4 is 0 Å². The van der Waals surface area contributed by atoms with Crippen LogP contribution in [0.5, 0.6) is 0 Å². The van der Waals surface area contributed by atoms with E-state index < -0.39 is 0 Å². The lowest BCUT2D eigenvalue weighted by molar-refractivity contribution is -0.150. The zero-order valence-electron chi connectivity index (χ0n) is 13.7. The molecule has 1 aromatic rings. The predicted molar refractivity (Wildman–Crippen MR) is 89.9 cm³/mol. The molecule has 130 valence electrons. The first-order chi connectivity index (χ1) is 11.6. The Morgan fingerprint density at radius 1 is 1.29 bits per heavy atom. The zero-order chi connectivity index (χ0) is 17.1. The van der Waals surface area contributed by atoms with Crippen molar-refractivity contribution in [3.8, 4) is 0 Å². The number of hydrogen-bond donors (Lipinski definition) is 0. The summed E-state index contributed by atoms with van der Waals surface area (Å²) in [6, 6.07) is 7.68. The Balaban J connectivity index is 1.72. The third kappa shape index (κ3) is 3.73. The molecule has 3 rings (SSSR count). The van der Waals surface area contributed by atoms with Crippen LogP contribution in [0.2, 0.25) is 5.02 Å². The van der Waals surface area contributed by atoms with Gasteiger partial charge < -0.3 is 14.4 Å². The molecule has 1 aliphatic heterocycles. The highest BCUT2D eigenvalue weighted by atomic mass is 35.5. The van der Waals surface area contributed by atoms with Gasteiger partial charge in [-0.25, -0.2) is 0 Å². The lowest BCUT2D eigenvalue weighted by atomic mass is 10.0. The maximum atomic E-state index is 13.0. The number of halogens is 1. The van der Waals surface area contributed by atoms with Gasteiger partial charge >= 0.3 is 5.97 Å². The lowest BCUT2D eigenvalue weighted by Gasteiger charge is -2.33. The molecule has 24 heavy (non-hydrogen) atoms. The largest absolute Gasteiger partial charge is 0.468 e. The molecule has 0 N–H and O–H groups in total. The summed E-state index contributed by atoms with van der Waals surface area (Å²) in [4.78, 5) is 26.4. The summed E-state index contributed by atoms with van der Waals surface area (Å²) in [5.74, 6) is -0.314. The molecule has 2 aliphatic rings. The van der Waals surface area contributed by atoms with E-state index in [9.17, 15) is 9.59 Å². The Labute approximate surface area is 146 Å². The second kappa shape index (κ2) is 7.53.